The molecule has 0 atom stereocenters. The molecule has 0 bridgehead atoms. The van der Waals surface area contributed by atoms with Crippen LogP contribution in [0.3, 0.4) is 0 Å². The second kappa shape index (κ2) is 4.57. The van der Waals surface area contributed by atoms with Crippen LogP contribution in [0.5, 0.6) is 11.6 Å². The topological polar surface area (TPSA) is 31.4 Å². The van der Waals surface area contributed by atoms with Gasteiger partial charge >= 0.3 is 0 Å². The number of rotatable bonds is 4. The molecule has 1 aliphatic rings. The summed E-state index contributed by atoms with van der Waals surface area (Å²) in [5.74, 6) is 0.970. The van der Waals surface area contributed by atoms with Crippen LogP contribution in [0.15, 0.2) is 18.2 Å². The normalized spacial score (nSPS) is 16.4. The lowest BCUT2D eigenvalue weighted by Gasteiger charge is -2.15. The average molecular weight is 277 g/mol. The molecule has 3 nitrogen and oxygen atoms in total. The Bertz CT molecular complexity index is 623. The first-order valence-electron chi connectivity index (χ1n) is 6.29. The number of fused-ring (bicyclic) bond motifs is 1. The SMILES string of the molecule is COc1nc2cc[c]cc2c(Cl)c1OCC1(C)CC1. The summed E-state index contributed by atoms with van der Waals surface area (Å²) in [7, 11) is 1.57. The van der Waals surface area contributed by atoms with E-state index in [4.69, 9.17) is 21.1 Å². The van der Waals surface area contributed by atoms with Gasteiger partial charge < -0.3 is 9.47 Å². The summed E-state index contributed by atoms with van der Waals surface area (Å²) in [5.41, 5.74) is 1.07. The first-order chi connectivity index (χ1) is 9.13. The minimum atomic E-state index is 0.284. The highest BCUT2D eigenvalue weighted by Gasteiger charge is 2.38. The molecule has 1 aromatic carbocycles. The predicted molar refractivity (Wildman–Crippen MR) is 75.0 cm³/mol. The Labute approximate surface area is 117 Å². The molecule has 1 radical (unpaired) electrons. The molecule has 0 amide bonds. The van der Waals surface area contributed by atoms with Crippen LogP contribution >= 0.6 is 11.6 Å². The van der Waals surface area contributed by atoms with Crippen molar-refractivity contribution in [2.45, 2.75) is 19.8 Å². The van der Waals surface area contributed by atoms with Gasteiger partial charge in [-0.15, -0.1) is 0 Å². The van der Waals surface area contributed by atoms with E-state index in [9.17, 15) is 0 Å². The van der Waals surface area contributed by atoms with Gasteiger partial charge in [-0.1, -0.05) is 24.6 Å². The molecular formula is C15H15ClNO2. The van der Waals surface area contributed by atoms with Crippen LogP contribution in [-0.4, -0.2) is 18.7 Å². The van der Waals surface area contributed by atoms with Crippen molar-refractivity contribution < 1.29 is 9.47 Å². The number of methoxy groups -OCH3 is 1. The first-order valence-corrected chi connectivity index (χ1v) is 6.67. The lowest BCUT2D eigenvalue weighted by molar-refractivity contribution is 0.234. The number of hydrogen-bond donors (Lipinski definition) is 0. The van der Waals surface area contributed by atoms with Gasteiger partial charge in [0.25, 0.3) is 5.88 Å². The number of benzene rings is 1. The van der Waals surface area contributed by atoms with E-state index in [0.29, 0.717) is 23.3 Å². The molecule has 0 saturated heterocycles. The third-order valence-corrected chi connectivity index (χ3v) is 3.93. The highest BCUT2D eigenvalue weighted by Crippen LogP contribution is 2.47. The van der Waals surface area contributed by atoms with Crippen molar-refractivity contribution in [3.63, 3.8) is 0 Å². The molecule has 4 heteroatoms. The van der Waals surface area contributed by atoms with E-state index in [2.05, 4.69) is 18.0 Å². The maximum absolute atomic E-state index is 6.41. The molecule has 0 unspecified atom stereocenters. The largest absolute Gasteiger partial charge is 0.486 e. The fourth-order valence-electron chi connectivity index (χ4n) is 1.94. The summed E-state index contributed by atoms with van der Waals surface area (Å²) in [6.07, 6.45) is 2.39. The van der Waals surface area contributed by atoms with Gasteiger partial charge in [-0.2, -0.15) is 0 Å². The molecule has 19 heavy (non-hydrogen) atoms. The Morgan fingerprint density at radius 1 is 1.47 bits per heavy atom. The van der Waals surface area contributed by atoms with Gasteiger partial charge in [-0.3, -0.25) is 0 Å². The lowest BCUT2D eigenvalue weighted by atomic mass is 10.2. The summed E-state index contributed by atoms with van der Waals surface area (Å²) >= 11 is 6.41. The average Bonchev–Trinajstić information content (AvgIpc) is 3.16. The van der Waals surface area contributed by atoms with Crippen LogP contribution in [0.25, 0.3) is 10.9 Å². The summed E-state index contributed by atoms with van der Waals surface area (Å²) in [4.78, 5) is 4.42. The van der Waals surface area contributed by atoms with Crippen LogP contribution in [0.2, 0.25) is 5.02 Å². The zero-order valence-electron chi connectivity index (χ0n) is 11.0. The lowest BCUT2D eigenvalue weighted by Crippen LogP contribution is -2.10. The molecule has 99 valence electrons. The predicted octanol–water partition coefficient (Wildman–Crippen LogP) is 3.88. The quantitative estimate of drug-likeness (QED) is 0.849. The highest BCUT2D eigenvalue weighted by molar-refractivity contribution is 6.37. The molecule has 0 N–H and O–H groups in total. The van der Waals surface area contributed by atoms with E-state index in [-0.39, 0.29) is 5.41 Å². The van der Waals surface area contributed by atoms with Gasteiger partial charge in [0, 0.05) is 10.8 Å². The molecule has 3 rings (SSSR count). The molecule has 2 aromatic rings. The number of ether oxygens (including phenoxy) is 2. The van der Waals surface area contributed by atoms with Gasteiger partial charge in [0.1, 0.15) is 0 Å². The van der Waals surface area contributed by atoms with E-state index in [1.807, 2.05) is 12.1 Å². The van der Waals surface area contributed by atoms with Gasteiger partial charge in [-0.25, -0.2) is 4.98 Å². The maximum Gasteiger partial charge on any atom is 0.258 e. The number of hydrogen-bond acceptors (Lipinski definition) is 3. The molecule has 1 saturated carbocycles. The second-order valence-corrected chi connectivity index (χ2v) is 5.68. The highest BCUT2D eigenvalue weighted by atomic mass is 35.5. The summed E-state index contributed by atoms with van der Waals surface area (Å²) in [5, 5.41) is 1.38. The van der Waals surface area contributed by atoms with Crippen molar-refractivity contribution in [2.24, 2.45) is 5.41 Å². The van der Waals surface area contributed by atoms with Gasteiger partial charge in [0.2, 0.25) is 5.75 Å². The molecule has 1 aromatic heterocycles. The van der Waals surface area contributed by atoms with E-state index < -0.39 is 0 Å². The Hall–Kier alpha value is -1.48. The van der Waals surface area contributed by atoms with E-state index in [0.717, 1.165) is 10.9 Å². The van der Waals surface area contributed by atoms with Gasteiger partial charge in [-0.05, 0) is 31.0 Å². The Morgan fingerprint density at radius 3 is 2.95 bits per heavy atom. The third-order valence-electron chi connectivity index (χ3n) is 3.55. The minimum absolute atomic E-state index is 0.284. The van der Waals surface area contributed by atoms with Crippen LogP contribution < -0.4 is 9.47 Å². The van der Waals surface area contributed by atoms with Crippen LogP contribution in [-0.2, 0) is 0 Å². The van der Waals surface area contributed by atoms with Crippen molar-refractivity contribution in [3.8, 4) is 11.6 Å². The van der Waals surface area contributed by atoms with E-state index in [1.54, 1.807) is 13.2 Å². The van der Waals surface area contributed by atoms with Crippen molar-refractivity contribution >= 4 is 22.5 Å². The van der Waals surface area contributed by atoms with Gasteiger partial charge in [0.05, 0.1) is 24.3 Å². The molecule has 0 aliphatic heterocycles. The molecular weight excluding hydrogens is 262 g/mol. The van der Waals surface area contributed by atoms with Crippen LogP contribution in [0.1, 0.15) is 19.8 Å². The Morgan fingerprint density at radius 2 is 2.26 bits per heavy atom. The van der Waals surface area contributed by atoms with Crippen molar-refractivity contribution in [1.82, 2.24) is 4.98 Å². The number of aromatic nitrogens is 1. The smallest absolute Gasteiger partial charge is 0.258 e. The Balaban J connectivity index is 2.02. The summed E-state index contributed by atoms with van der Waals surface area (Å²) in [6, 6.07) is 8.48. The fourth-order valence-corrected chi connectivity index (χ4v) is 2.23. The van der Waals surface area contributed by atoms with E-state index in [1.165, 1.54) is 12.8 Å². The van der Waals surface area contributed by atoms with Crippen molar-refractivity contribution in [3.05, 3.63) is 29.3 Å². The fraction of sp³-hybridized carbons (Fsp3) is 0.400. The number of nitrogens with zero attached hydrogens (tertiary/aromatic N) is 1. The number of halogens is 1. The Kier molecular flexibility index (Phi) is 3.02. The zero-order valence-corrected chi connectivity index (χ0v) is 11.8. The first kappa shape index (κ1) is 12.5. The van der Waals surface area contributed by atoms with Crippen LogP contribution in [0.4, 0.5) is 0 Å². The van der Waals surface area contributed by atoms with Gasteiger partial charge in [0.15, 0.2) is 0 Å². The maximum atomic E-state index is 6.41. The number of pyridine rings is 1. The summed E-state index contributed by atoms with van der Waals surface area (Å²) in [6.45, 7) is 2.85. The zero-order chi connectivity index (χ0) is 13.5. The monoisotopic (exact) mass is 276 g/mol. The van der Waals surface area contributed by atoms with E-state index >= 15 is 0 Å². The molecule has 0 spiro atoms. The van der Waals surface area contributed by atoms with Crippen molar-refractivity contribution in [1.29, 1.82) is 0 Å². The standard InChI is InChI=1S/C15H15ClNO2/c1-15(7-8-15)9-19-13-12(16)10-5-3-4-6-11(10)17-14(13)18-2/h4-6H,7-9H2,1-2H3. The minimum Gasteiger partial charge on any atom is -0.486 e. The summed E-state index contributed by atoms with van der Waals surface area (Å²) < 4.78 is 11.1. The van der Waals surface area contributed by atoms with Crippen LogP contribution in [0, 0.1) is 11.5 Å². The molecule has 1 heterocycles. The van der Waals surface area contributed by atoms with Crippen molar-refractivity contribution in [2.75, 3.05) is 13.7 Å². The second-order valence-electron chi connectivity index (χ2n) is 5.31. The molecule has 1 fully saturated rings. The molecule has 1 aliphatic carbocycles. The third kappa shape index (κ3) is 2.35.